The lowest BCUT2D eigenvalue weighted by Gasteiger charge is -2.21. The van der Waals surface area contributed by atoms with Crippen LogP contribution >= 0.6 is 11.8 Å². The number of hydrogen-bond acceptors (Lipinski definition) is 3. The Morgan fingerprint density at radius 3 is 2.95 bits per heavy atom. The normalized spacial score (nSPS) is 18.4. The third-order valence-corrected chi connectivity index (χ3v) is 3.95. The number of carbonyl (C=O) groups is 2. The molecule has 1 aromatic carbocycles. The van der Waals surface area contributed by atoms with E-state index in [1.807, 2.05) is 0 Å². The topological polar surface area (TPSA) is 69.6 Å². The Kier molecular flexibility index (Phi) is 3.94. The first kappa shape index (κ1) is 13.7. The summed E-state index contributed by atoms with van der Waals surface area (Å²) < 4.78 is 13.3. The molecule has 2 amide bonds. The Labute approximate surface area is 113 Å². The van der Waals surface area contributed by atoms with Gasteiger partial charge in [-0.05, 0) is 19.1 Å². The highest BCUT2D eigenvalue weighted by molar-refractivity contribution is 7.99. The lowest BCUT2D eigenvalue weighted by Crippen LogP contribution is -2.44. The van der Waals surface area contributed by atoms with Crippen molar-refractivity contribution in [3.8, 4) is 0 Å². The molecule has 1 aliphatic heterocycles. The van der Waals surface area contributed by atoms with Crippen LogP contribution in [0.1, 0.15) is 5.56 Å². The molecule has 1 aromatic rings. The molecule has 0 aromatic heterocycles. The van der Waals surface area contributed by atoms with Crippen LogP contribution in [0.2, 0.25) is 0 Å². The Balaban J connectivity index is 2.13. The maximum Gasteiger partial charge on any atom is 0.327 e. The average Bonchev–Trinajstić information content (AvgIpc) is 2.84. The predicted octanol–water partition coefficient (Wildman–Crippen LogP) is 2.13. The maximum absolute atomic E-state index is 13.3. The zero-order chi connectivity index (χ0) is 14.0. The molecule has 0 spiro atoms. The zero-order valence-corrected chi connectivity index (χ0v) is 11.0. The van der Waals surface area contributed by atoms with Gasteiger partial charge < -0.3 is 15.3 Å². The number of carbonyl (C=O) groups excluding carboxylic acids is 1. The van der Waals surface area contributed by atoms with Gasteiger partial charge in [0.2, 0.25) is 0 Å². The first-order valence-electron chi connectivity index (χ1n) is 5.64. The van der Waals surface area contributed by atoms with Gasteiger partial charge in [-0.2, -0.15) is 0 Å². The summed E-state index contributed by atoms with van der Waals surface area (Å²) in [6.07, 6.45) is 0. The molecular formula is C12H13FN2O3S. The van der Waals surface area contributed by atoms with Gasteiger partial charge in [-0.1, -0.05) is 6.07 Å². The van der Waals surface area contributed by atoms with E-state index in [-0.39, 0.29) is 0 Å². The van der Waals surface area contributed by atoms with Crippen LogP contribution in [-0.4, -0.2) is 39.7 Å². The molecule has 102 valence electrons. The van der Waals surface area contributed by atoms with E-state index in [1.54, 1.807) is 13.0 Å². The van der Waals surface area contributed by atoms with E-state index in [1.165, 1.54) is 28.8 Å². The van der Waals surface area contributed by atoms with Gasteiger partial charge in [0.15, 0.2) is 0 Å². The summed E-state index contributed by atoms with van der Waals surface area (Å²) in [5.41, 5.74) is 0.681. The molecular weight excluding hydrogens is 271 g/mol. The minimum Gasteiger partial charge on any atom is -0.480 e. The number of hydrogen-bond donors (Lipinski definition) is 2. The third-order valence-electron chi connectivity index (χ3n) is 2.94. The van der Waals surface area contributed by atoms with Crippen molar-refractivity contribution in [1.29, 1.82) is 0 Å². The highest BCUT2D eigenvalue weighted by Gasteiger charge is 2.34. The highest BCUT2D eigenvalue weighted by atomic mass is 32.2. The summed E-state index contributed by atoms with van der Waals surface area (Å²) >= 11 is 1.38. The first-order chi connectivity index (χ1) is 9.00. The van der Waals surface area contributed by atoms with E-state index in [4.69, 9.17) is 5.11 Å². The van der Waals surface area contributed by atoms with Crippen LogP contribution in [-0.2, 0) is 4.79 Å². The number of anilines is 1. The Bertz CT molecular complexity index is 524. The minimum absolute atomic E-state index is 0.317. The largest absolute Gasteiger partial charge is 0.480 e. The monoisotopic (exact) mass is 284 g/mol. The standard InChI is InChI=1S/C12H13FN2O3S/c1-7-8(13)3-2-4-9(7)14-12(18)15-6-19-5-10(15)11(16)17/h2-4,10H,5-6H2,1H3,(H,14,18)(H,16,17). The van der Waals surface area contributed by atoms with Crippen molar-refractivity contribution in [3.63, 3.8) is 0 Å². The summed E-state index contributed by atoms with van der Waals surface area (Å²) in [6, 6.07) is 3.02. The second-order valence-corrected chi connectivity index (χ2v) is 5.17. The van der Waals surface area contributed by atoms with Gasteiger partial charge in [0, 0.05) is 17.0 Å². The Morgan fingerprint density at radius 2 is 2.26 bits per heavy atom. The van der Waals surface area contributed by atoms with Crippen LogP contribution < -0.4 is 5.32 Å². The van der Waals surface area contributed by atoms with Gasteiger partial charge >= 0.3 is 12.0 Å². The van der Waals surface area contributed by atoms with Gasteiger partial charge in [-0.25, -0.2) is 14.0 Å². The van der Waals surface area contributed by atoms with Crippen molar-refractivity contribution < 1.29 is 19.1 Å². The molecule has 0 bridgehead atoms. The molecule has 1 unspecified atom stereocenters. The number of thioether (sulfide) groups is 1. The van der Waals surface area contributed by atoms with Crippen molar-refractivity contribution in [3.05, 3.63) is 29.6 Å². The third kappa shape index (κ3) is 2.81. The molecule has 1 saturated heterocycles. The van der Waals surface area contributed by atoms with Gasteiger partial charge in [-0.3, -0.25) is 0 Å². The van der Waals surface area contributed by atoms with E-state index in [0.29, 0.717) is 22.9 Å². The molecule has 2 N–H and O–H groups in total. The van der Waals surface area contributed by atoms with Gasteiger partial charge in [0.1, 0.15) is 11.9 Å². The van der Waals surface area contributed by atoms with Gasteiger partial charge in [0.05, 0.1) is 5.88 Å². The van der Waals surface area contributed by atoms with Crippen LogP contribution in [0.15, 0.2) is 18.2 Å². The molecule has 1 atom stereocenters. The fourth-order valence-corrected chi connectivity index (χ4v) is 2.92. The second-order valence-electron chi connectivity index (χ2n) is 4.17. The molecule has 7 heteroatoms. The maximum atomic E-state index is 13.3. The number of carboxylic acids is 1. The molecule has 1 heterocycles. The van der Waals surface area contributed by atoms with Gasteiger partial charge in [0.25, 0.3) is 0 Å². The average molecular weight is 284 g/mol. The SMILES string of the molecule is Cc1c(F)cccc1NC(=O)N1CSCC1C(=O)O. The van der Waals surface area contributed by atoms with E-state index >= 15 is 0 Å². The number of halogens is 1. The van der Waals surface area contributed by atoms with Crippen molar-refractivity contribution in [1.82, 2.24) is 4.90 Å². The van der Waals surface area contributed by atoms with Crippen LogP contribution in [0.5, 0.6) is 0 Å². The summed E-state index contributed by atoms with van der Waals surface area (Å²) in [7, 11) is 0. The number of urea groups is 1. The lowest BCUT2D eigenvalue weighted by atomic mass is 10.2. The lowest BCUT2D eigenvalue weighted by molar-refractivity contribution is -0.140. The molecule has 0 saturated carbocycles. The molecule has 5 nitrogen and oxygen atoms in total. The van der Waals surface area contributed by atoms with E-state index in [0.717, 1.165) is 0 Å². The van der Waals surface area contributed by atoms with Crippen LogP contribution in [0.4, 0.5) is 14.9 Å². The van der Waals surface area contributed by atoms with E-state index in [2.05, 4.69) is 5.32 Å². The van der Waals surface area contributed by atoms with Crippen LogP contribution in [0.3, 0.4) is 0 Å². The Morgan fingerprint density at radius 1 is 1.53 bits per heavy atom. The smallest absolute Gasteiger partial charge is 0.327 e. The summed E-state index contributed by atoms with van der Waals surface area (Å²) in [4.78, 5) is 24.2. The molecule has 0 aliphatic carbocycles. The number of benzene rings is 1. The second kappa shape index (κ2) is 5.48. The van der Waals surface area contributed by atoms with Crippen molar-refractivity contribution in [2.45, 2.75) is 13.0 Å². The summed E-state index contributed by atoms with van der Waals surface area (Å²) in [5.74, 6) is -0.762. The number of carboxylic acid groups (broad SMARTS) is 1. The molecule has 2 rings (SSSR count). The van der Waals surface area contributed by atoms with E-state index < -0.39 is 23.9 Å². The fraction of sp³-hybridized carbons (Fsp3) is 0.333. The van der Waals surface area contributed by atoms with Crippen molar-refractivity contribution >= 4 is 29.4 Å². The van der Waals surface area contributed by atoms with E-state index in [9.17, 15) is 14.0 Å². The fourth-order valence-electron chi connectivity index (χ4n) is 1.78. The number of nitrogens with one attached hydrogen (secondary N) is 1. The number of amides is 2. The quantitative estimate of drug-likeness (QED) is 0.873. The minimum atomic E-state index is -1.03. The predicted molar refractivity (Wildman–Crippen MR) is 70.7 cm³/mol. The first-order valence-corrected chi connectivity index (χ1v) is 6.79. The number of aliphatic carboxylic acids is 1. The molecule has 1 fully saturated rings. The molecule has 1 aliphatic rings. The van der Waals surface area contributed by atoms with Crippen LogP contribution in [0, 0.1) is 12.7 Å². The number of rotatable bonds is 2. The molecule has 19 heavy (non-hydrogen) atoms. The highest BCUT2D eigenvalue weighted by Crippen LogP contribution is 2.23. The van der Waals surface area contributed by atoms with Crippen LogP contribution in [0.25, 0.3) is 0 Å². The Hall–Kier alpha value is -1.76. The number of nitrogens with zero attached hydrogens (tertiary/aromatic N) is 1. The zero-order valence-electron chi connectivity index (χ0n) is 10.2. The van der Waals surface area contributed by atoms with Crippen molar-refractivity contribution in [2.75, 3.05) is 16.9 Å². The summed E-state index contributed by atoms with van der Waals surface area (Å²) in [6.45, 7) is 1.55. The molecule has 0 radical (unpaired) electrons. The van der Waals surface area contributed by atoms with Gasteiger partial charge in [-0.15, -0.1) is 11.8 Å². The summed E-state index contributed by atoms with van der Waals surface area (Å²) in [5, 5.41) is 11.6. The van der Waals surface area contributed by atoms with Crippen molar-refractivity contribution in [2.24, 2.45) is 0 Å².